The summed E-state index contributed by atoms with van der Waals surface area (Å²) in [5.74, 6) is 2.11. The van der Waals surface area contributed by atoms with E-state index in [4.69, 9.17) is 14.9 Å². The summed E-state index contributed by atoms with van der Waals surface area (Å²) in [6, 6.07) is 15.1. The number of nitrogens with two attached hydrogens (primary N) is 1. The number of benzene rings is 2. The minimum Gasteiger partial charge on any atom is -0.497 e. The molecule has 0 unspecified atom stereocenters. The molecule has 0 bridgehead atoms. The Hall–Kier alpha value is -2.75. The van der Waals surface area contributed by atoms with Crippen molar-refractivity contribution >= 4 is 5.69 Å². The summed E-state index contributed by atoms with van der Waals surface area (Å²) in [5.41, 5.74) is 8.24. The van der Waals surface area contributed by atoms with Crippen molar-refractivity contribution in [3.05, 3.63) is 54.7 Å². The first-order valence-corrected chi connectivity index (χ1v) is 6.22. The largest absolute Gasteiger partial charge is 0.497 e. The predicted molar refractivity (Wildman–Crippen MR) is 78.3 cm³/mol. The molecule has 0 spiro atoms. The summed E-state index contributed by atoms with van der Waals surface area (Å²) in [4.78, 5) is 4.30. The van der Waals surface area contributed by atoms with Crippen LogP contribution in [0.4, 0.5) is 5.69 Å². The lowest BCUT2D eigenvalue weighted by molar-refractivity contribution is 0.415. The number of anilines is 1. The third-order valence-corrected chi connectivity index (χ3v) is 3.04. The first kappa shape index (κ1) is 12.3. The van der Waals surface area contributed by atoms with Gasteiger partial charge in [-0.1, -0.05) is 0 Å². The van der Waals surface area contributed by atoms with E-state index in [-0.39, 0.29) is 0 Å². The van der Waals surface area contributed by atoms with E-state index >= 15 is 0 Å². The maximum absolute atomic E-state index is 5.78. The van der Waals surface area contributed by atoms with Crippen molar-refractivity contribution in [3.8, 4) is 28.5 Å². The van der Waals surface area contributed by atoms with Gasteiger partial charge < -0.3 is 14.9 Å². The van der Waals surface area contributed by atoms with Crippen LogP contribution in [0.25, 0.3) is 22.8 Å². The van der Waals surface area contributed by atoms with Gasteiger partial charge in [-0.15, -0.1) is 0 Å². The third-order valence-electron chi connectivity index (χ3n) is 3.04. The second-order valence-corrected chi connectivity index (χ2v) is 4.38. The number of ether oxygens (including phenoxy) is 1. The average Bonchev–Trinajstić information content (AvgIpc) is 2.98. The monoisotopic (exact) mass is 266 g/mol. The molecule has 1 aromatic heterocycles. The Labute approximate surface area is 116 Å². The second-order valence-electron chi connectivity index (χ2n) is 4.38. The normalized spacial score (nSPS) is 10.4. The Morgan fingerprint density at radius 3 is 2.25 bits per heavy atom. The van der Waals surface area contributed by atoms with Crippen LogP contribution < -0.4 is 10.5 Å². The molecular weight excluding hydrogens is 252 g/mol. The van der Waals surface area contributed by atoms with Gasteiger partial charge in [-0.2, -0.15) is 0 Å². The molecule has 0 saturated carbocycles. The zero-order valence-electron chi connectivity index (χ0n) is 11.0. The van der Waals surface area contributed by atoms with Crippen LogP contribution >= 0.6 is 0 Å². The van der Waals surface area contributed by atoms with Crippen LogP contribution in [0.2, 0.25) is 0 Å². The van der Waals surface area contributed by atoms with Gasteiger partial charge in [0.05, 0.1) is 13.3 Å². The zero-order valence-corrected chi connectivity index (χ0v) is 11.0. The lowest BCUT2D eigenvalue weighted by Gasteiger charge is -2.00. The van der Waals surface area contributed by atoms with Crippen LogP contribution in [0, 0.1) is 0 Å². The predicted octanol–water partition coefficient (Wildman–Crippen LogP) is 3.60. The van der Waals surface area contributed by atoms with E-state index in [1.165, 1.54) is 0 Å². The van der Waals surface area contributed by atoms with E-state index in [1.54, 1.807) is 13.3 Å². The van der Waals surface area contributed by atoms with Gasteiger partial charge in [0.2, 0.25) is 5.89 Å². The fraction of sp³-hybridized carbons (Fsp3) is 0.0625. The van der Waals surface area contributed by atoms with Crippen LogP contribution in [-0.4, -0.2) is 12.1 Å². The Balaban J connectivity index is 1.91. The van der Waals surface area contributed by atoms with E-state index in [2.05, 4.69) is 4.98 Å². The van der Waals surface area contributed by atoms with E-state index < -0.39 is 0 Å². The molecule has 2 aromatic carbocycles. The van der Waals surface area contributed by atoms with E-state index in [1.807, 2.05) is 48.5 Å². The van der Waals surface area contributed by atoms with Gasteiger partial charge in [0, 0.05) is 16.8 Å². The molecule has 0 atom stereocenters. The van der Waals surface area contributed by atoms with Gasteiger partial charge in [0.1, 0.15) is 5.75 Å². The van der Waals surface area contributed by atoms with Crippen LogP contribution in [-0.2, 0) is 0 Å². The number of methoxy groups -OCH3 is 1. The van der Waals surface area contributed by atoms with Crippen LogP contribution in [0.3, 0.4) is 0 Å². The van der Waals surface area contributed by atoms with Gasteiger partial charge >= 0.3 is 0 Å². The summed E-state index contributed by atoms with van der Waals surface area (Å²) < 4.78 is 10.9. The molecule has 0 aliphatic heterocycles. The van der Waals surface area contributed by atoms with Gasteiger partial charge in [-0.05, 0) is 48.5 Å². The maximum Gasteiger partial charge on any atom is 0.226 e. The molecule has 0 amide bonds. The standard InChI is InChI=1S/C16H14N2O2/c1-19-14-8-4-11(5-9-14)15-10-18-16(20-15)12-2-6-13(17)7-3-12/h2-10H,17H2,1H3. The highest BCUT2D eigenvalue weighted by atomic mass is 16.5. The topological polar surface area (TPSA) is 61.3 Å². The Morgan fingerprint density at radius 2 is 1.60 bits per heavy atom. The van der Waals surface area contributed by atoms with Crippen molar-refractivity contribution < 1.29 is 9.15 Å². The third kappa shape index (κ3) is 2.36. The lowest BCUT2D eigenvalue weighted by atomic mass is 10.2. The Morgan fingerprint density at radius 1 is 0.950 bits per heavy atom. The van der Waals surface area contributed by atoms with Gasteiger partial charge in [0.15, 0.2) is 5.76 Å². The highest BCUT2D eigenvalue weighted by Gasteiger charge is 2.08. The lowest BCUT2D eigenvalue weighted by Crippen LogP contribution is -1.83. The van der Waals surface area contributed by atoms with Crippen molar-refractivity contribution in [2.75, 3.05) is 12.8 Å². The van der Waals surface area contributed by atoms with E-state index in [0.29, 0.717) is 5.89 Å². The summed E-state index contributed by atoms with van der Waals surface area (Å²) in [7, 11) is 1.64. The molecule has 2 N–H and O–H groups in total. The number of oxazole rings is 1. The highest BCUT2D eigenvalue weighted by Crippen LogP contribution is 2.27. The number of nitrogens with zero attached hydrogens (tertiary/aromatic N) is 1. The van der Waals surface area contributed by atoms with Gasteiger partial charge in [-0.25, -0.2) is 4.98 Å². The van der Waals surface area contributed by atoms with Gasteiger partial charge in [-0.3, -0.25) is 0 Å². The molecule has 4 heteroatoms. The molecule has 1 heterocycles. The molecule has 0 radical (unpaired) electrons. The van der Waals surface area contributed by atoms with Crippen molar-refractivity contribution in [2.45, 2.75) is 0 Å². The first-order valence-electron chi connectivity index (χ1n) is 6.22. The van der Waals surface area contributed by atoms with Crippen LogP contribution in [0.15, 0.2) is 59.1 Å². The second kappa shape index (κ2) is 5.09. The Kier molecular flexibility index (Phi) is 3.13. The molecule has 0 aliphatic rings. The van der Waals surface area contributed by atoms with Crippen molar-refractivity contribution in [1.29, 1.82) is 0 Å². The molecule has 0 aliphatic carbocycles. The molecule has 0 fully saturated rings. The number of hydrogen-bond acceptors (Lipinski definition) is 4. The van der Waals surface area contributed by atoms with Crippen molar-refractivity contribution in [2.24, 2.45) is 0 Å². The molecule has 100 valence electrons. The molecule has 3 rings (SSSR count). The Bertz CT molecular complexity index is 700. The van der Waals surface area contributed by atoms with Crippen molar-refractivity contribution in [1.82, 2.24) is 4.98 Å². The van der Waals surface area contributed by atoms with Crippen LogP contribution in [0.1, 0.15) is 0 Å². The smallest absolute Gasteiger partial charge is 0.226 e. The minimum atomic E-state index is 0.579. The molecular formula is C16H14N2O2. The van der Waals surface area contributed by atoms with E-state index in [0.717, 1.165) is 28.3 Å². The summed E-state index contributed by atoms with van der Waals surface area (Å²) in [5, 5.41) is 0. The average molecular weight is 266 g/mol. The van der Waals surface area contributed by atoms with Gasteiger partial charge in [0.25, 0.3) is 0 Å². The molecule has 20 heavy (non-hydrogen) atoms. The number of rotatable bonds is 3. The minimum absolute atomic E-state index is 0.579. The number of aromatic nitrogens is 1. The molecule has 0 saturated heterocycles. The summed E-state index contributed by atoms with van der Waals surface area (Å²) in [6.45, 7) is 0. The summed E-state index contributed by atoms with van der Waals surface area (Å²) >= 11 is 0. The maximum atomic E-state index is 5.78. The van der Waals surface area contributed by atoms with Crippen LogP contribution in [0.5, 0.6) is 5.75 Å². The fourth-order valence-corrected chi connectivity index (χ4v) is 1.92. The number of hydrogen-bond donors (Lipinski definition) is 1. The first-order chi connectivity index (χ1) is 9.76. The fourth-order valence-electron chi connectivity index (χ4n) is 1.92. The zero-order chi connectivity index (χ0) is 13.9. The molecule has 4 nitrogen and oxygen atoms in total. The number of nitrogen functional groups attached to an aromatic ring is 1. The highest BCUT2D eigenvalue weighted by molar-refractivity contribution is 5.62. The molecule has 3 aromatic rings. The summed E-state index contributed by atoms with van der Waals surface area (Å²) in [6.07, 6.45) is 1.72. The van der Waals surface area contributed by atoms with E-state index in [9.17, 15) is 0 Å². The quantitative estimate of drug-likeness (QED) is 0.736. The van der Waals surface area contributed by atoms with Crippen molar-refractivity contribution in [3.63, 3.8) is 0 Å². The SMILES string of the molecule is COc1ccc(-c2cnc(-c3ccc(N)cc3)o2)cc1.